The summed E-state index contributed by atoms with van der Waals surface area (Å²) < 4.78 is 0. The number of amides is 1. The minimum Gasteiger partial charge on any atom is -0.342 e. The Morgan fingerprint density at radius 3 is 2.72 bits per heavy atom. The van der Waals surface area contributed by atoms with Crippen molar-refractivity contribution in [1.82, 2.24) is 20.1 Å². The van der Waals surface area contributed by atoms with Gasteiger partial charge in [-0.25, -0.2) is 0 Å². The predicted octanol–water partition coefficient (Wildman–Crippen LogP) is 3.30. The van der Waals surface area contributed by atoms with Crippen LogP contribution in [0.4, 0.5) is 0 Å². The van der Waals surface area contributed by atoms with Crippen LogP contribution in [0.2, 0.25) is 0 Å². The molecular weight excluding hydrogens is 360 g/mol. The van der Waals surface area contributed by atoms with Crippen LogP contribution in [0.1, 0.15) is 42.5 Å². The molecular formula is C24H34N4O. The molecule has 1 fully saturated rings. The van der Waals surface area contributed by atoms with Crippen molar-refractivity contribution in [2.45, 2.75) is 59.3 Å². The number of rotatable bonds is 8. The normalized spacial score (nSPS) is 19.4. The Kier molecular flexibility index (Phi) is 7.40. The molecule has 5 heteroatoms. The molecule has 0 aliphatic carbocycles. The first-order valence-corrected chi connectivity index (χ1v) is 10.7. The molecule has 5 nitrogen and oxygen atoms in total. The number of carbonyl (C=O) groups excluding carboxylic acids is 1. The van der Waals surface area contributed by atoms with Crippen LogP contribution in [0, 0.1) is 13.8 Å². The standard InChI is InChI=1S/C24H34N4O/c1-5-27(6-2)24(29)23-13-22(17-28(23)16-20-8-7-11-25-14-20)26-15-21-12-18(3)9-10-19(21)4/h7-12,14,22-23,26H,5-6,13,15-17H2,1-4H3/t22-,23+/m1/s1. The minimum absolute atomic E-state index is 0.0776. The van der Waals surface area contributed by atoms with Crippen LogP contribution < -0.4 is 5.32 Å². The smallest absolute Gasteiger partial charge is 0.239 e. The van der Waals surface area contributed by atoms with Gasteiger partial charge in [0.05, 0.1) is 6.04 Å². The second-order valence-electron chi connectivity index (χ2n) is 8.06. The van der Waals surface area contributed by atoms with E-state index in [0.717, 1.165) is 44.7 Å². The van der Waals surface area contributed by atoms with Crippen LogP contribution in [0.3, 0.4) is 0 Å². The molecule has 1 amide bonds. The number of hydrogen-bond donors (Lipinski definition) is 1. The third-order valence-corrected chi connectivity index (χ3v) is 5.96. The predicted molar refractivity (Wildman–Crippen MR) is 118 cm³/mol. The van der Waals surface area contributed by atoms with E-state index in [2.05, 4.69) is 67.2 Å². The zero-order chi connectivity index (χ0) is 20.8. The number of benzene rings is 1. The first kappa shape index (κ1) is 21.5. The average molecular weight is 395 g/mol. The van der Waals surface area contributed by atoms with E-state index in [4.69, 9.17) is 0 Å². The van der Waals surface area contributed by atoms with Crippen molar-refractivity contribution in [2.75, 3.05) is 19.6 Å². The fourth-order valence-corrected chi connectivity index (χ4v) is 4.20. The number of likely N-dealkylation sites (tertiary alicyclic amines) is 1. The van der Waals surface area contributed by atoms with Gasteiger partial charge in [0.2, 0.25) is 5.91 Å². The van der Waals surface area contributed by atoms with Gasteiger partial charge in [0, 0.05) is 51.2 Å². The van der Waals surface area contributed by atoms with Gasteiger partial charge in [-0.3, -0.25) is 14.7 Å². The highest BCUT2D eigenvalue weighted by Gasteiger charge is 2.38. The fourth-order valence-electron chi connectivity index (χ4n) is 4.20. The van der Waals surface area contributed by atoms with E-state index in [1.807, 2.05) is 17.2 Å². The molecule has 3 rings (SSSR count). The molecule has 1 aliphatic rings. The molecule has 2 heterocycles. The highest BCUT2D eigenvalue weighted by atomic mass is 16.2. The van der Waals surface area contributed by atoms with Gasteiger partial charge in [0.1, 0.15) is 0 Å². The van der Waals surface area contributed by atoms with Crippen molar-refractivity contribution in [2.24, 2.45) is 0 Å². The molecule has 2 aromatic rings. The monoisotopic (exact) mass is 394 g/mol. The summed E-state index contributed by atoms with van der Waals surface area (Å²) in [5.74, 6) is 0.245. The summed E-state index contributed by atoms with van der Waals surface area (Å²) in [6.07, 6.45) is 4.54. The van der Waals surface area contributed by atoms with Crippen LogP contribution in [0.25, 0.3) is 0 Å². The third-order valence-electron chi connectivity index (χ3n) is 5.96. The number of likely N-dealkylation sites (N-methyl/N-ethyl adjacent to an activating group) is 1. The Hall–Kier alpha value is -2.24. The topological polar surface area (TPSA) is 48.5 Å². The maximum atomic E-state index is 13.2. The van der Waals surface area contributed by atoms with E-state index in [9.17, 15) is 4.79 Å². The highest BCUT2D eigenvalue weighted by Crippen LogP contribution is 2.23. The highest BCUT2D eigenvalue weighted by molar-refractivity contribution is 5.82. The molecule has 1 aromatic carbocycles. The van der Waals surface area contributed by atoms with Crippen LogP contribution in [-0.4, -0.2) is 52.4 Å². The molecule has 0 unspecified atom stereocenters. The fraction of sp³-hybridized carbons (Fsp3) is 0.500. The molecule has 1 aromatic heterocycles. The van der Waals surface area contributed by atoms with E-state index >= 15 is 0 Å². The lowest BCUT2D eigenvalue weighted by molar-refractivity contribution is -0.135. The van der Waals surface area contributed by atoms with Crippen molar-refractivity contribution in [3.8, 4) is 0 Å². The number of nitrogens with zero attached hydrogens (tertiary/aromatic N) is 3. The van der Waals surface area contributed by atoms with Crippen LogP contribution in [0.5, 0.6) is 0 Å². The molecule has 0 bridgehead atoms. The Morgan fingerprint density at radius 1 is 1.24 bits per heavy atom. The summed E-state index contributed by atoms with van der Waals surface area (Å²) >= 11 is 0. The number of pyridine rings is 1. The molecule has 29 heavy (non-hydrogen) atoms. The molecule has 1 saturated heterocycles. The third kappa shape index (κ3) is 5.43. The summed E-state index contributed by atoms with van der Waals surface area (Å²) in [7, 11) is 0. The second-order valence-corrected chi connectivity index (χ2v) is 8.06. The van der Waals surface area contributed by atoms with Crippen LogP contribution in [-0.2, 0) is 17.9 Å². The zero-order valence-electron chi connectivity index (χ0n) is 18.2. The largest absolute Gasteiger partial charge is 0.342 e. The summed E-state index contributed by atoms with van der Waals surface area (Å²) in [6.45, 7) is 12.4. The second kappa shape index (κ2) is 9.99. The van der Waals surface area contributed by atoms with E-state index in [1.165, 1.54) is 16.7 Å². The lowest BCUT2D eigenvalue weighted by Gasteiger charge is -2.28. The van der Waals surface area contributed by atoms with Crippen molar-refractivity contribution in [3.63, 3.8) is 0 Å². The van der Waals surface area contributed by atoms with Gasteiger partial charge in [-0.2, -0.15) is 0 Å². The van der Waals surface area contributed by atoms with Gasteiger partial charge in [0.15, 0.2) is 0 Å². The first-order valence-electron chi connectivity index (χ1n) is 10.7. The number of hydrogen-bond acceptors (Lipinski definition) is 4. The Balaban J connectivity index is 1.71. The lowest BCUT2D eigenvalue weighted by atomic mass is 10.0. The summed E-state index contributed by atoms with van der Waals surface area (Å²) in [6, 6.07) is 10.9. The van der Waals surface area contributed by atoms with Crippen molar-refractivity contribution >= 4 is 5.91 Å². The lowest BCUT2D eigenvalue weighted by Crippen LogP contribution is -2.45. The van der Waals surface area contributed by atoms with Gasteiger partial charge in [-0.1, -0.05) is 29.8 Å². The van der Waals surface area contributed by atoms with E-state index < -0.39 is 0 Å². The van der Waals surface area contributed by atoms with Crippen molar-refractivity contribution in [3.05, 3.63) is 65.0 Å². The number of carbonyl (C=O) groups is 1. The van der Waals surface area contributed by atoms with Gasteiger partial charge in [-0.15, -0.1) is 0 Å². The Labute approximate surface area is 175 Å². The SMILES string of the molecule is CCN(CC)C(=O)[C@@H]1C[C@@H](NCc2cc(C)ccc2C)CN1Cc1cccnc1. The van der Waals surface area contributed by atoms with E-state index in [-0.39, 0.29) is 11.9 Å². The van der Waals surface area contributed by atoms with Crippen LogP contribution in [0.15, 0.2) is 42.7 Å². The summed E-state index contributed by atoms with van der Waals surface area (Å²) in [4.78, 5) is 21.7. The van der Waals surface area contributed by atoms with Crippen LogP contribution >= 0.6 is 0 Å². The zero-order valence-corrected chi connectivity index (χ0v) is 18.2. The van der Waals surface area contributed by atoms with Gasteiger partial charge in [-0.05, 0) is 56.9 Å². The molecule has 156 valence electrons. The first-order chi connectivity index (χ1) is 14.0. The Bertz CT molecular complexity index is 804. The number of aromatic nitrogens is 1. The molecule has 0 radical (unpaired) electrons. The maximum absolute atomic E-state index is 13.2. The minimum atomic E-state index is -0.0776. The Morgan fingerprint density at radius 2 is 2.03 bits per heavy atom. The molecule has 2 atom stereocenters. The number of nitrogens with one attached hydrogen (secondary N) is 1. The number of aryl methyl sites for hydroxylation is 2. The summed E-state index contributed by atoms with van der Waals surface area (Å²) in [5, 5.41) is 3.71. The molecule has 0 spiro atoms. The van der Waals surface area contributed by atoms with E-state index in [0.29, 0.717) is 6.04 Å². The van der Waals surface area contributed by atoms with Crippen molar-refractivity contribution < 1.29 is 4.79 Å². The molecule has 1 N–H and O–H groups in total. The average Bonchev–Trinajstić information content (AvgIpc) is 3.13. The maximum Gasteiger partial charge on any atom is 0.239 e. The van der Waals surface area contributed by atoms with Gasteiger partial charge in [0.25, 0.3) is 0 Å². The quantitative estimate of drug-likeness (QED) is 0.746. The summed E-state index contributed by atoms with van der Waals surface area (Å²) in [5.41, 5.74) is 5.08. The van der Waals surface area contributed by atoms with E-state index in [1.54, 1.807) is 6.20 Å². The molecule has 0 saturated carbocycles. The van der Waals surface area contributed by atoms with Crippen molar-refractivity contribution in [1.29, 1.82) is 0 Å². The van der Waals surface area contributed by atoms with Gasteiger partial charge < -0.3 is 10.2 Å². The van der Waals surface area contributed by atoms with Gasteiger partial charge >= 0.3 is 0 Å². The molecule has 1 aliphatic heterocycles.